The highest BCUT2D eigenvalue weighted by molar-refractivity contribution is 6.68. The molecule has 0 spiro atoms. The predicted molar refractivity (Wildman–Crippen MR) is 65.7 cm³/mol. The highest BCUT2D eigenvalue weighted by atomic mass is 35.5. The Morgan fingerprint density at radius 2 is 2.12 bits per heavy atom. The van der Waals surface area contributed by atoms with Gasteiger partial charge in [-0.05, 0) is 35.9 Å². The summed E-state index contributed by atoms with van der Waals surface area (Å²) in [5.41, 5.74) is 1.17. The summed E-state index contributed by atoms with van der Waals surface area (Å²) in [7, 11) is 1.57. The van der Waals surface area contributed by atoms with Crippen LogP contribution in [0.4, 0.5) is 0 Å². The summed E-state index contributed by atoms with van der Waals surface area (Å²) in [5, 5.41) is 0.215. The quantitative estimate of drug-likeness (QED) is 0.777. The van der Waals surface area contributed by atoms with Crippen molar-refractivity contribution in [2.75, 3.05) is 7.11 Å². The molecule has 5 heteroatoms. The summed E-state index contributed by atoms with van der Waals surface area (Å²) < 4.78 is 5.07. The van der Waals surface area contributed by atoms with Crippen molar-refractivity contribution < 1.29 is 9.53 Å². The van der Waals surface area contributed by atoms with Crippen molar-refractivity contribution in [2.45, 2.75) is 0 Å². The first-order valence-electron chi connectivity index (χ1n) is 4.35. The van der Waals surface area contributed by atoms with Gasteiger partial charge in [-0.1, -0.05) is 0 Å². The molecule has 1 aromatic heterocycles. The van der Waals surface area contributed by atoms with Gasteiger partial charge >= 0.3 is 0 Å². The zero-order valence-electron chi connectivity index (χ0n) is 8.44. The lowest BCUT2D eigenvalue weighted by atomic mass is 10.1. The molecule has 0 aliphatic carbocycles. The Morgan fingerprint density at radius 3 is 2.75 bits per heavy atom. The highest BCUT2D eigenvalue weighted by Crippen LogP contribution is 2.23. The van der Waals surface area contributed by atoms with Gasteiger partial charge < -0.3 is 4.74 Å². The Balaban J connectivity index is 0.00000128. The first-order chi connectivity index (χ1) is 7.22. The van der Waals surface area contributed by atoms with E-state index in [0.29, 0.717) is 16.7 Å². The summed E-state index contributed by atoms with van der Waals surface area (Å²) >= 11 is 5.47. The largest absolute Gasteiger partial charge is 0.497 e. The number of carbonyl (C=O) groups is 1. The number of nitrogens with zero attached hydrogens (tertiary/aromatic N) is 1. The van der Waals surface area contributed by atoms with Gasteiger partial charge in [0.15, 0.2) is 0 Å². The predicted octanol–water partition coefficient (Wildman–Crippen LogP) is 3.04. The number of fused-ring (bicyclic) bond motifs is 1. The summed E-state index contributed by atoms with van der Waals surface area (Å²) in [6.07, 6.45) is 1.56. The van der Waals surface area contributed by atoms with E-state index >= 15 is 0 Å². The standard InChI is InChI=1S/C11H8ClNO2.ClH/c1-15-7-2-3-10-9(6-7)8(11(12)14)4-5-13-10;/h2-6H,1H3;1H. The number of rotatable bonds is 2. The topological polar surface area (TPSA) is 39.2 Å². The van der Waals surface area contributed by atoms with Crippen molar-refractivity contribution >= 4 is 40.2 Å². The molecule has 0 aliphatic heterocycles. The van der Waals surface area contributed by atoms with E-state index in [1.807, 2.05) is 0 Å². The molecule has 84 valence electrons. The molecule has 0 atom stereocenters. The molecule has 0 radical (unpaired) electrons. The number of halogens is 2. The lowest BCUT2D eigenvalue weighted by molar-refractivity contribution is 0.108. The number of hydrogen-bond acceptors (Lipinski definition) is 3. The van der Waals surface area contributed by atoms with Gasteiger partial charge in [0.25, 0.3) is 5.24 Å². The van der Waals surface area contributed by atoms with Crippen LogP contribution < -0.4 is 4.74 Å². The van der Waals surface area contributed by atoms with Crippen molar-refractivity contribution in [1.29, 1.82) is 0 Å². The first-order valence-corrected chi connectivity index (χ1v) is 4.73. The van der Waals surface area contributed by atoms with E-state index in [1.165, 1.54) is 0 Å². The van der Waals surface area contributed by atoms with Gasteiger partial charge in [0, 0.05) is 17.1 Å². The van der Waals surface area contributed by atoms with E-state index in [2.05, 4.69) is 4.98 Å². The summed E-state index contributed by atoms with van der Waals surface area (Å²) in [6.45, 7) is 0. The van der Waals surface area contributed by atoms with Crippen LogP contribution in [0.1, 0.15) is 10.4 Å². The minimum Gasteiger partial charge on any atom is -0.497 e. The molecule has 0 bridgehead atoms. The summed E-state index contributed by atoms with van der Waals surface area (Å²) in [6, 6.07) is 6.92. The summed E-state index contributed by atoms with van der Waals surface area (Å²) in [4.78, 5) is 15.3. The van der Waals surface area contributed by atoms with Crippen molar-refractivity contribution in [3.63, 3.8) is 0 Å². The Hall–Kier alpha value is -1.32. The van der Waals surface area contributed by atoms with Crippen molar-refractivity contribution in [3.8, 4) is 5.75 Å². The molecular formula is C11H9Cl2NO2. The van der Waals surface area contributed by atoms with E-state index in [9.17, 15) is 4.79 Å². The van der Waals surface area contributed by atoms with Gasteiger partial charge in [0.1, 0.15) is 5.75 Å². The second-order valence-electron chi connectivity index (χ2n) is 3.02. The van der Waals surface area contributed by atoms with Gasteiger partial charge in [0.05, 0.1) is 12.6 Å². The Labute approximate surface area is 104 Å². The lowest BCUT2D eigenvalue weighted by Gasteiger charge is -2.04. The minimum absolute atomic E-state index is 0. The van der Waals surface area contributed by atoms with Gasteiger partial charge in [-0.25, -0.2) is 0 Å². The molecule has 1 aromatic carbocycles. The zero-order chi connectivity index (χ0) is 10.8. The number of aromatic nitrogens is 1. The van der Waals surface area contributed by atoms with Crippen LogP contribution >= 0.6 is 24.0 Å². The first kappa shape index (κ1) is 12.7. The Morgan fingerprint density at radius 1 is 1.38 bits per heavy atom. The fourth-order valence-corrected chi connectivity index (χ4v) is 1.59. The maximum Gasteiger partial charge on any atom is 0.253 e. The van der Waals surface area contributed by atoms with E-state index in [0.717, 1.165) is 5.52 Å². The molecule has 0 fully saturated rings. The maximum atomic E-state index is 11.2. The third kappa shape index (κ3) is 2.26. The van der Waals surface area contributed by atoms with Crippen LogP contribution in [-0.2, 0) is 0 Å². The molecule has 0 aliphatic rings. The van der Waals surface area contributed by atoms with Crippen LogP contribution in [0.2, 0.25) is 0 Å². The number of carbonyl (C=O) groups excluding carboxylic acids is 1. The SMILES string of the molecule is COc1ccc2nccc(C(=O)Cl)c2c1.Cl. The second kappa shape index (κ2) is 5.14. The molecule has 0 saturated carbocycles. The average molecular weight is 258 g/mol. The van der Waals surface area contributed by atoms with Crippen LogP contribution in [0, 0.1) is 0 Å². The molecule has 2 rings (SSSR count). The zero-order valence-corrected chi connectivity index (χ0v) is 10.0. The van der Waals surface area contributed by atoms with Crippen LogP contribution in [0.25, 0.3) is 10.9 Å². The Kier molecular flexibility index (Phi) is 4.10. The average Bonchev–Trinajstić information content (AvgIpc) is 2.27. The number of hydrogen-bond donors (Lipinski definition) is 0. The molecule has 16 heavy (non-hydrogen) atoms. The van der Waals surface area contributed by atoms with Gasteiger partial charge in [-0.3, -0.25) is 9.78 Å². The van der Waals surface area contributed by atoms with Crippen molar-refractivity contribution in [1.82, 2.24) is 4.98 Å². The highest BCUT2D eigenvalue weighted by Gasteiger charge is 2.08. The van der Waals surface area contributed by atoms with Crippen molar-refractivity contribution in [2.24, 2.45) is 0 Å². The number of methoxy groups -OCH3 is 1. The van der Waals surface area contributed by atoms with Crippen molar-refractivity contribution in [3.05, 3.63) is 36.0 Å². The monoisotopic (exact) mass is 257 g/mol. The van der Waals surface area contributed by atoms with Crippen LogP contribution in [-0.4, -0.2) is 17.3 Å². The minimum atomic E-state index is -0.490. The maximum absolute atomic E-state index is 11.2. The van der Waals surface area contributed by atoms with E-state index in [1.54, 1.807) is 37.6 Å². The van der Waals surface area contributed by atoms with Crippen LogP contribution in [0.15, 0.2) is 30.5 Å². The fraction of sp³-hybridized carbons (Fsp3) is 0.0909. The number of benzene rings is 1. The van der Waals surface area contributed by atoms with Gasteiger partial charge in [-0.15, -0.1) is 12.4 Å². The smallest absolute Gasteiger partial charge is 0.253 e. The molecular weight excluding hydrogens is 249 g/mol. The fourth-order valence-electron chi connectivity index (χ4n) is 1.42. The Bertz CT molecular complexity index is 528. The van der Waals surface area contributed by atoms with Gasteiger partial charge in [-0.2, -0.15) is 0 Å². The van der Waals surface area contributed by atoms with Crippen LogP contribution in [0.3, 0.4) is 0 Å². The van der Waals surface area contributed by atoms with E-state index in [4.69, 9.17) is 16.3 Å². The lowest BCUT2D eigenvalue weighted by Crippen LogP contribution is -1.93. The van der Waals surface area contributed by atoms with Gasteiger partial charge in [0.2, 0.25) is 0 Å². The van der Waals surface area contributed by atoms with E-state index in [-0.39, 0.29) is 12.4 Å². The third-order valence-electron chi connectivity index (χ3n) is 2.16. The van der Waals surface area contributed by atoms with Crippen LogP contribution in [0.5, 0.6) is 5.75 Å². The molecule has 2 aromatic rings. The normalized spacial score (nSPS) is 9.62. The third-order valence-corrected chi connectivity index (χ3v) is 2.36. The molecule has 0 saturated heterocycles. The second-order valence-corrected chi connectivity index (χ2v) is 3.36. The van der Waals surface area contributed by atoms with E-state index < -0.39 is 5.24 Å². The summed E-state index contributed by atoms with van der Waals surface area (Å²) in [5.74, 6) is 0.676. The number of pyridine rings is 1. The molecule has 0 N–H and O–H groups in total. The molecule has 0 unspecified atom stereocenters. The number of ether oxygens (including phenoxy) is 1. The molecule has 3 nitrogen and oxygen atoms in total. The molecule has 0 amide bonds. The molecule has 1 heterocycles.